The van der Waals surface area contributed by atoms with Crippen LogP contribution in [0.4, 0.5) is 0 Å². The summed E-state index contributed by atoms with van der Waals surface area (Å²) in [4.78, 5) is 11.7. The van der Waals surface area contributed by atoms with E-state index in [0.29, 0.717) is 6.42 Å². The van der Waals surface area contributed by atoms with Crippen LogP contribution in [0.1, 0.15) is 31.2 Å². The van der Waals surface area contributed by atoms with Gasteiger partial charge in [-0.25, -0.2) is 0 Å². The molecule has 1 rings (SSSR count). The van der Waals surface area contributed by atoms with Crippen molar-refractivity contribution in [1.29, 1.82) is 0 Å². The van der Waals surface area contributed by atoms with Crippen molar-refractivity contribution in [2.45, 2.75) is 25.7 Å². The number of Topliss-reactive ketones (excluding diaryl/α,β-unsaturated/α-hetero) is 1. The third-order valence-electron chi connectivity index (χ3n) is 2.24. The normalized spacial score (nSPS) is 12.1. The minimum absolute atomic E-state index is 0.129. The summed E-state index contributed by atoms with van der Waals surface area (Å²) < 4.78 is 0. The van der Waals surface area contributed by atoms with E-state index in [9.17, 15) is 4.79 Å². The standard InChI is InChI=1S/C13H16O/c1-3-8-13(14)12(4-2)11-9-6-5-7-10-11/h4-7,9-10,12H,2-3,8H2,1H3/t12-/m0/s1. The van der Waals surface area contributed by atoms with E-state index < -0.39 is 0 Å². The highest BCUT2D eigenvalue weighted by molar-refractivity contribution is 5.87. The molecule has 1 atom stereocenters. The zero-order valence-corrected chi connectivity index (χ0v) is 8.57. The molecule has 14 heavy (non-hydrogen) atoms. The lowest BCUT2D eigenvalue weighted by molar-refractivity contribution is -0.119. The zero-order valence-electron chi connectivity index (χ0n) is 8.57. The first-order chi connectivity index (χ1) is 6.79. The van der Waals surface area contributed by atoms with Gasteiger partial charge in [-0.3, -0.25) is 4.79 Å². The van der Waals surface area contributed by atoms with Gasteiger partial charge in [-0.05, 0) is 12.0 Å². The van der Waals surface area contributed by atoms with Gasteiger partial charge in [0.2, 0.25) is 0 Å². The number of benzene rings is 1. The lowest BCUT2D eigenvalue weighted by atomic mass is 9.93. The molecule has 0 bridgehead atoms. The highest BCUT2D eigenvalue weighted by Gasteiger charge is 2.14. The van der Waals surface area contributed by atoms with Crippen LogP contribution < -0.4 is 0 Å². The summed E-state index contributed by atoms with van der Waals surface area (Å²) in [5, 5.41) is 0. The number of carbonyl (C=O) groups excluding carboxylic acids is 1. The van der Waals surface area contributed by atoms with Gasteiger partial charge in [-0.2, -0.15) is 0 Å². The molecule has 74 valence electrons. The second-order valence-corrected chi connectivity index (χ2v) is 3.34. The van der Waals surface area contributed by atoms with Crippen LogP contribution in [0.25, 0.3) is 0 Å². The first kappa shape index (κ1) is 10.7. The largest absolute Gasteiger partial charge is 0.299 e. The van der Waals surface area contributed by atoms with Gasteiger partial charge < -0.3 is 0 Å². The molecule has 1 aromatic carbocycles. The van der Waals surface area contributed by atoms with Gasteiger partial charge in [0.05, 0.1) is 5.92 Å². The molecule has 1 aromatic rings. The maximum absolute atomic E-state index is 11.7. The fraction of sp³-hybridized carbons (Fsp3) is 0.308. The molecule has 0 saturated heterocycles. The summed E-state index contributed by atoms with van der Waals surface area (Å²) in [5.41, 5.74) is 1.04. The second kappa shape index (κ2) is 5.38. The van der Waals surface area contributed by atoms with Crippen LogP contribution in [0.3, 0.4) is 0 Å². The maximum atomic E-state index is 11.7. The predicted octanol–water partition coefficient (Wildman–Crippen LogP) is 3.33. The molecule has 0 saturated carbocycles. The molecule has 0 amide bonds. The lowest BCUT2D eigenvalue weighted by Gasteiger charge is -2.10. The topological polar surface area (TPSA) is 17.1 Å². The summed E-state index contributed by atoms with van der Waals surface area (Å²) in [5.74, 6) is 0.129. The third kappa shape index (κ3) is 2.56. The molecule has 0 fully saturated rings. The summed E-state index contributed by atoms with van der Waals surface area (Å²) >= 11 is 0. The summed E-state index contributed by atoms with van der Waals surface area (Å²) in [6, 6.07) is 9.80. The first-order valence-corrected chi connectivity index (χ1v) is 4.99. The van der Waals surface area contributed by atoms with Gasteiger partial charge >= 0.3 is 0 Å². The number of carbonyl (C=O) groups is 1. The van der Waals surface area contributed by atoms with Crippen LogP contribution in [-0.4, -0.2) is 5.78 Å². The van der Waals surface area contributed by atoms with Crippen molar-refractivity contribution in [3.05, 3.63) is 48.6 Å². The maximum Gasteiger partial charge on any atom is 0.144 e. The van der Waals surface area contributed by atoms with Crippen molar-refractivity contribution >= 4 is 5.78 Å². The Hall–Kier alpha value is -1.37. The van der Waals surface area contributed by atoms with Gasteiger partial charge in [0.15, 0.2) is 0 Å². The molecule has 1 heteroatoms. The van der Waals surface area contributed by atoms with E-state index >= 15 is 0 Å². The Morgan fingerprint density at radius 2 is 2.07 bits per heavy atom. The smallest absolute Gasteiger partial charge is 0.144 e. The summed E-state index contributed by atoms with van der Waals surface area (Å²) in [7, 11) is 0. The SMILES string of the molecule is C=C[C@H](C(=O)CCC)c1ccccc1. The molecule has 0 aliphatic heterocycles. The van der Waals surface area contributed by atoms with Gasteiger partial charge in [0.25, 0.3) is 0 Å². The molecule has 0 heterocycles. The fourth-order valence-corrected chi connectivity index (χ4v) is 1.52. The van der Waals surface area contributed by atoms with Crippen molar-refractivity contribution in [3.63, 3.8) is 0 Å². The lowest BCUT2D eigenvalue weighted by Crippen LogP contribution is -2.09. The first-order valence-electron chi connectivity index (χ1n) is 4.99. The van der Waals surface area contributed by atoms with E-state index in [4.69, 9.17) is 0 Å². The van der Waals surface area contributed by atoms with Gasteiger partial charge in [0, 0.05) is 6.42 Å². The molecule has 0 radical (unpaired) electrons. The van der Waals surface area contributed by atoms with Crippen molar-refractivity contribution in [2.75, 3.05) is 0 Å². The highest BCUT2D eigenvalue weighted by Crippen LogP contribution is 2.19. The molecular weight excluding hydrogens is 172 g/mol. The van der Waals surface area contributed by atoms with E-state index in [2.05, 4.69) is 6.58 Å². The van der Waals surface area contributed by atoms with Gasteiger partial charge in [0.1, 0.15) is 5.78 Å². The van der Waals surface area contributed by atoms with E-state index in [-0.39, 0.29) is 11.7 Å². The van der Waals surface area contributed by atoms with Crippen LogP contribution in [0.5, 0.6) is 0 Å². The minimum atomic E-state index is -0.129. The van der Waals surface area contributed by atoms with Crippen molar-refractivity contribution in [2.24, 2.45) is 0 Å². The Morgan fingerprint density at radius 3 is 2.57 bits per heavy atom. The van der Waals surface area contributed by atoms with E-state index in [0.717, 1.165) is 12.0 Å². The Bertz CT molecular complexity index is 300. The van der Waals surface area contributed by atoms with Gasteiger partial charge in [-0.1, -0.05) is 43.3 Å². The van der Waals surface area contributed by atoms with Crippen LogP contribution in [0.2, 0.25) is 0 Å². The second-order valence-electron chi connectivity index (χ2n) is 3.34. The van der Waals surface area contributed by atoms with E-state index in [1.54, 1.807) is 6.08 Å². The number of ketones is 1. The number of hydrogen-bond donors (Lipinski definition) is 0. The zero-order chi connectivity index (χ0) is 10.4. The minimum Gasteiger partial charge on any atom is -0.299 e. The molecule has 0 aliphatic carbocycles. The molecule has 0 unspecified atom stereocenters. The summed E-state index contributed by atoms with van der Waals surface area (Å²) in [6.45, 7) is 5.74. The Balaban J connectivity index is 2.82. The van der Waals surface area contributed by atoms with Crippen molar-refractivity contribution < 1.29 is 4.79 Å². The number of allylic oxidation sites excluding steroid dienone is 1. The van der Waals surface area contributed by atoms with Crippen molar-refractivity contribution in [1.82, 2.24) is 0 Å². The molecule has 0 aliphatic rings. The third-order valence-corrected chi connectivity index (χ3v) is 2.24. The Labute approximate surface area is 85.5 Å². The van der Waals surface area contributed by atoms with Crippen LogP contribution >= 0.6 is 0 Å². The number of hydrogen-bond acceptors (Lipinski definition) is 1. The predicted molar refractivity (Wildman–Crippen MR) is 59.3 cm³/mol. The van der Waals surface area contributed by atoms with Crippen LogP contribution in [0, 0.1) is 0 Å². The molecule has 0 aromatic heterocycles. The fourth-order valence-electron chi connectivity index (χ4n) is 1.52. The molecule has 1 nitrogen and oxygen atoms in total. The van der Waals surface area contributed by atoms with E-state index in [1.807, 2.05) is 37.3 Å². The Kier molecular flexibility index (Phi) is 4.11. The Morgan fingerprint density at radius 1 is 1.43 bits per heavy atom. The average Bonchev–Trinajstić information content (AvgIpc) is 2.21. The van der Waals surface area contributed by atoms with Gasteiger partial charge in [-0.15, -0.1) is 6.58 Å². The molecule has 0 spiro atoms. The highest BCUT2D eigenvalue weighted by atomic mass is 16.1. The molecule has 0 N–H and O–H groups in total. The van der Waals surface area contributed by atoms with Crippen LogP contribution in [0.15, 0.2) is 43.0 Å². The number of rotatable bonds is 5. The molecular formula is C13H16O. The van der Waals surface area contributed by atoms with Crippen molar-refractivity contribution in [3.8, 4) is 0 Å². The quantitative estimate of drug-likeness (QED) is 0.648. The monoisotopic (exact) mass is 188 g/mol. The van der Waals surface area contributed by atoms with E-state index in [1.165, 1.54) is 0 Å². The summed E-state index contributed by atoms with van der Waals surface area (Å²) in [6.07, 6.45) is 3.26. The van der Waals surface area contributed by atoms with Crippen LogP contribution in [-0.2, 0) is 4.79 Å². The average molecular weight is 188 g/mol.